The first-order valence-corrected chi connectivity index (χ1v) is 10.1. The fraction of sp³-hybridized carbons (Fsp3) is 0.450. The summed E-state index contributed by atoms with van der Waals surface area (Å²) >= 11 is 6.08. The molecule has 1 aromatic carbocycles. The molecule has 0 saturated heterocycles. The first kappa shape index (κ1) is 23.0. The molecule has 3 N–H and O–H groups in total. The van der Waals surface area contributed by atoms with Crippen molar-refractivity contribution in [3.05, 3.63) is 40.4 Å². The predicted octanol–water partition coefficient (Wildman–Crippen LogP) is 3.12. The summed E-state index contributed by atoms with van der Waals surface area (Å²) in [5.74, 6) is -1.91. The molecule has 0 radical (unpaired) electrons. The van der Waals surface area contributed by atoms with E-state index in [1.165, 1.54) is 19.4 Å². The molecule has 168 valence electrons. The van der Waals surface area contributed by atoms with Gasteiger partial charge < -0.3 is 24.8 Å². The number of hydrogen-bond acceptors (Lipinski definition) is 6. The van der Waals surface area contributed by atoms with Gasteiger partial charge in [-0.15, -0.1) is 0 Å². The number of nitrogens with one attached hydrogen (secondary N) is 3. The highest BCUT2D eigenvalue weighted by atomic mass is 35.5. The van der Waals surface area contributed by atoms with Gasteiger partial charge in [-0.2, -0.15) is 5.10 Å². The number of anilines is 1. The number of ether oxygens (including phenoxy) is 3. The summed E-state index contributed by atoms with van der Waals surface area (Å²) in [6.07, 6.45) is 4.48. The van der Waals surface area contributed by atoms with E-state index in [-0.39, 0.29) is 46.7 Å². The van der Waals surface area contributed by atoms with Crippen molar-refractivity contribution < 1.29 is 28.2 Å². The van der Waals surface area contributed by atoms with E-state index in [1.807, 2.05) is 0 Å². The number of aromatic amines is 1. The minimum absolute atomic E-state index is 0.0352. The monoisotopic (exact) mass is 454 g/mol. The van der Waals surface area contributed by atoms with Gasteiger partial charge in [-0.05, 0) is 37.8 Å². The first-order valence-electron chi connectivity index (χ1n) is 9.72. The van der Waals surface area contributed by atoms with Crippen LogP contribution in [0.4, 0.5) is 10.1 Å². The number of aromatic nitrogens is 2. The molecule has 1 aliphatic carbocycles. The van der Waals surface area contributed by atoms with E-state index in [0.717, 1.165) is 31.7 Å². The van der Waals surface area contributed by atoms with Gasteiger partial charge in [0.15, 0.2) is 0 Å². The minimum Gasteiger partial charge on any atom is -0.495 e. The van der Waals surface area contributed by atoms with Crippen LogP contribution in [-0.2, 0) is 9.47 Å². The van der Waals surface area contributed by atoms with Crippen LogP contribution in [0.25, 0.3) is 0 Å². The fourth-order valence-corrected chi connectivity index (χ4v) is 3.75. The Kier molecular flexibility index (Phi) is 7.83. The van der Waals surface area contributed by atoms with Crippen molar-refractivity contribution in [2.75, 3.05) is 26.3 Å². The van der Waals surface area contributed by atoms with Crippen molar-refractivity contribution in [2.45, 2.75) is 37.8 Å². The Bertz CT molecular complexity index is 930. The molecule has 1 fully saturated rings. The van der Waals surface area contributed by atoms with Crippen molar-refractivity contribution in [3.8, 4) is 5.75 Å². The van der Waals surface area contributed by atoms with E-state index >= 15 is 0 Å². The smallest absolute Gasteiger partial charge is 0.271 e. The molecule has 1 aliphatic rings. The Balaban J connectivity index is 1.64. The van der Waals surface area contributed by atoms with Crippen LogP contribution < -0.4 is 15.4 Å². The van der Waals surface area contributed by atoms with E-state index in [0.29, 0.717) is 0 Å². The molecule has 31 heavy (non-hydrogen) atoms. The van der Waals surface area contributed by atoms with Gasteiger partial charge in [-0.3, -0.25) is 14.7 Å². The first-order chi connectivity index (χ1) is 14.9. The highest BCUT2D eigenvalue weighted by Crippen LogP contribution is 2.31. The number of hydrogen-bond donors (Lipinski definition) is 3. The maximum absolute atomic E-state index is 14.2. The molecule has 0 bridgehead atoms. The minimum atomic E-state index is -0.826. The molecule has 0 aliphatic heterocycles. The average molecular weight is 455 g/mol. The second-order valence-corrected chi connectivity index (χ2v) is 7.45. The molecular weight excluding hydrogens is 431 g/mol. The summed E-state index contributed by atoms with van der Waals surface area (Å²) in [6.45, 7) is 0.247. The summed E-state index contributed by atoms with van der Waals surface area (Å²) in [5, 5.41) is 11.6. The van der Waals surface area contributed by atoms with Gasteiger partial charge >= 0.3 is 0 Å². The molecule has 3 rings (SSSR count). The maximum Gasteiger partial charge on any atom is 0.271 e. The number of amides is 2. The lowest BCUT2D eigenvalue weighted by Gasteiger charge is -2.28. The SMILES string of the molecule is COCOC1CCC(NC(=O)c2[nH]ncc2NC(=O)c2c(F)ccc(OC)c2Cl)CC1. The molecule has 1 heterocycles. The number of carbonyl (C=O) groups excluding carboxylic acids is 2. The molecule has 0 spiro atoms. The van der Waals surface area contributed by atoms with E-state index < -0.39 is 17.6 Å². The van der Waals surface area contributed by atoms with Crippen LogP contribution in [-0.4, -0.2) is 55.2 Å². The topological polar surface area (TPSA) is 115 Å². The zero-order valence-corrected chi connectivity index (χ0v) is 17.9. The highest BCUT2D eigenvalue weighted by Gasteiger charge is 2.26. The predicted molar refractivity (Wildman–Crippen MR) is 111 cm³/mol. The molecule has 0 atom stereocenters. The lowest BCUT2D eigenvalue weighted by Crippen LogP contribution is -2.39. The molecule has 1 saturated carbocycles. The molecular formula is C20H24ClFN4O5. The third-order valence-corrected chi connectivity index (χ3v) is 5.42. The number of nitrogens with zero attached hydrogens (tertiary/aromatic N) is 1. The number of carbonyl (C=O) groups is 2. The zero-order valence-electron chi connectivity index (χ0n) is 17.2. The van der Waals surface area contributed by atoms with E-state index in [9.17, 15) is 14.0 Å². The second-order valence-electron chi connectivity index (χ2n) is 7.07. The van der Waals surface area contributed by atoms with Gasteiger partial charge in [0.1, 0.15) is 24.1 Å². The molecule has 1 aromatic heterocycles. The molecule has 9 nitrogen and oxygen atoms in total. The van der Waals surface area contributed by atoms with Gasteiger partial charge in [0.05, 0.1) is 35.7 Å². The quantitative estimate of drug-likeness (QED) is 0.528. The molecule has 2 amide bonds. The van der Waals surface area contributed by atoms with Crippen molar-refractivity contribution in [2.24, 2.45) is 0 Å². The summed E-state index contributed by atoms with van der Waals surface area (Å²) in [7, 11) is 2.93. The maximum atomic E-state index is 14.2. The van der Waals surface area contributed by atoms with Gasteiger partial charge in [0.2, 0.25) is 0 Å². The number of methoxy groups -OCH3 is 2. The van der Waals surface area contributed by atoms with E-state index in [2.05, 4.69) is 20.8 Å². The van der Waals surface area contributed by atoms with Crippen LogP contribution in [0.1, 0.15) is 46.5 Å². The van der Waals surface area contributed by atoms with Crippen LogP contribution >= 0.6 is 11.6 Å². The summed E-state index contributed by atoms with van der Waals surface area (Å²) < 4.78 is 29.7. The van der Waals surface area contributed by atoms with Gasteiger partial charge in [-0.25, -0.2) is 4.39 Å². The van der Waals surface area contributed by atoms with Crippen molar-refractivity contribution >= 4 is 29.1 Å². The van der Waals surface area contributed by atoms with Crippen LogP contribution in [0.3, 0.4) is 0 Å². The Morgan fingerprint density at radius 2 is 1.97 bits per heavy atom. The summed E-state index contributed by atoms with van der Waals surface area (Å²) in [5.41, 5.74) is -0.216. The Labute approximate surface area is 183 Å². The van der Waals surface area contributed by atoms with Crippen molar-refractivity contribution in [1.29, 1.82) is 0 Å². The number of H-pyrrole nitrogens is 1. The van der Waals surface area contributed by atoms with Gasteiger partial charge in [-0.1, -0.05) is 11.6 Å². The standard InChI is InChI=1S/C20H24ClFN4O5/c1-29-10-31-12-5-3-11(4-6-12)24-20(28)18-14(9-23-26-18)25-19(27)16-13(22)7-8-15(30-2)17(16)21/h7-9,11-12H,3-6,10H2,1-2H3,(H,23,26)(H,24,28)(H,25,27). The van der Waals surface area contributed by atoms with Crippen LogP contribution in [0, 0.1) is 5.82 Å². The lowest BCUT2D eigenvalue weighted by molar-refractivity contribution is -0.0837. The third kappa shape index (κ3) is 5.52. The number of rotatable bonds is 8. The average Bonchev–Trinajstić information content (AvgIpc) is 3.21. The second kappa shape index (κ2) is 10.6. The zero-order chi connectivity index (χ0) is 22.4. The Morgan fingerprint density at radius 1 is 1.23 bits per heavy atom. The lowest BCUT2D eigenvalue weighted by atomic mass is 9.93. The van der Waals surface area contributed by atoms with Crippen LogP contribution in [0.15, 0.2) is 18.3 Å². The van der Waals surface area contributed by atoms with Crippen LogP contribution in [0.2, 0.25) is 5.02 Å². The molecule has 0 unspecified atom stereocenters. The van der Waals surface area contributed by atoms with Crippen molar-refractivity contribution in [3.63, 3.8) is 0 Å². The normalized spacial score (nSPS) is 18.5. The van der Waals surface area contributed by atoms with Gasteiger partial charge in [0.25, 0.3) is 11.8 Å². The summed E-state index contributed by atoms with van der Waals surface area (Å²) in [4.78, 5) is 25.3. The molecule has 11 heteroatoms. The third-order valence-electron chi connectivity index (χ3n) is 5.05. The summed E-state index contributed by atoms with van der Waals surface area (Å²) in [6, 6.07) is 2.36. The largest absolute Gasteiger partial charge is 0.495 e. The number of benzene rings is 1. The molecule has 2 aromatic rings. The van der Waals surface area contributed by atoms with E-state index in [4.69, 9.17) is 25.8 Å². The number of halogens is 2. The fourth-order valence-electron chi connectivity index (χ4n) is 3.43. The van der Waals surface area contributed by atoms with Crippen LogP contribution in [0.5, 0.6) is 5.75 Å². The Hall–Kier alpha value is -2.69. The van der Waals surface area contributed by atoms with E-state index in [1.54, 1.807) is 7.11 Å². The van der Waals surface area contributed by atoms with Crippen molar-refractivity contribution in [1.82, 2.24) is 15.5 Å². The van der Waals surface area contributed by atoms with Gasteiger partial charge in [0, 0.05) is 13.2 Å². The Morgan fingerprint density at radius 3 is 2.65 bits per heavy atom. The highest BCUT2D eigenvalue weighted by molar-refractivity contribution is 6.36.